The topological polar surface area (TPSA) is 135 Å². The molecular formula is C20H17N3O6. The first-order valence-corrected chi connectivity index (χ1v) is 8.51. The zero-order valence-electron chi connectivity index (χ0n) is 15.7. The number of fused-ring (bicyclic) bond motifs is 1. The summed E-state index contributed by atoms with van der Waals surface area (Å²) in [5.74, 6) is -1.41. The number of hydrogen-bond donors (Lipinski definition) is 1. The molecule has 0 unspecified atom stereocenters. The van der Waals surface area contributed by atoms with E-state index in [1.807, 2.05) is 12.1 Å². The number of ether oxygens (including phenoxy) is 2. The number of nitrogens with two attached hydrogens (primary N) is 1. The number of anilines is 1. The number of pyridine rings is 1. The van der Waals surface area contributed by atoms with Gasteiger partial charge in [-0.1, -0.05) is 18.2 Å². The number of nitrogen functional groups attached to an aromatic ring is 1. The fraction of sp³-hybridized carbons (Fsp3) is 0.150. The molecule has 0 bridgehead atoms. The zero-order valence-corrected chi connectivity index (χ0v) is 15.7. The number of carbonyl (C=O) groups is 2. The maximum absolute atomic E-state index is 12.4. The molecule has 1 heterocycles. The zero-order chi connectivity index (χ0) is 21.1. The Morgan fingerprint density at radius 1 is 1.17 bits per heavy atom. The Labute approximate surface area is 165 Å². The van der Waals surface area contributed by atoms with E-state index < -0.39 is 22.5 Å². The average molecular weight is 395 g/mol. The molecule has 0 aliphatic heterocycles. The number of methoxy groups -OCH3 is 1. The lowest BCUT2D eigenvalue weighted by molar-refractivity contribution is -0.383. The molecule has 0 atom stereocenters. The average Bonchev–Trinajstić information content (AvgIpc) is 2.71. The number of para-hydroxylation sites is 1. The van der Waals surface area contributed by atoms with Crippen molar-refractivity contribution in [3.63, 3.8) is 0 Å². The lowest BCUT2D eigenvalue weighted by Crippen LogP contribution is -2.14. The molecule has 0 saturated carbocycles. The molecule has 9 nitrogen and oxygen atoms in total. The minimum atomic E-state index is -0.809. The van der Waals surface area contributed by atoms with Crippen molar-refractivity contribution in [2.75, 3.05) is 12.8 Å². The molecule has 0 amide bonds. The Bertz CT molecular complexity index is 1140. The van der Waals surface area contributed by atoms with Crippen LogP contribution in [-0.4, -0.2) is 29.0 Å². The smallest absolute Gasteiger partial charge is 0.340 e. The van der Waals surface area contributed by atoms with Crippen LogP contribution >= 0.6 is 0 Å². The van der Waals surface area contributed by atoms with Gasteiger partial charge < -0.3 is 15.2 Å². The second-order valence-electron chi connectivity index (χ2n) is 6.17. The summed E-state index contributed by atoms with van der Waals surface area (Å²) in [5, 5.41) is 11.8. The minimum absolute atomic E-state index is 0.0389. The molecule has 2 N–H and O–H groups in total. The van der Waals surface area contributed by atoms with Gasteiger partial charge in [-0.05, 0) is 30.7 Å². The van der Waals surface area contributed by atoms with E-state index in [2.05, 4.69) is 4.98 Å². The van der Waals surface area contributed by atoms with Crippen LogP contribution in [0.1, 0.15) is 32.0 Å². The molecule has 9 heteroatoms. The Morgan fingerprint density at radius 2 is 1.90 bits per heavy atom. The number of hydrogen-bond acceptors (Lipinski definition) is 8. The van der Waals surface area contributed by atoms with Crippen molar-refractivity contribution in [3.8, 4) is 0 Å². The summed E-state index contributed by atoms with van der Waals surface area (Å²) in [4.78, 5) is 39.4. The fourth-order valence-corrected chi connectivity index (χ4v) is 2.96. The van der Waals surface area contributed by atoms with Crippen LogP contribution in [0.3, 0.4) is 0 Å². The van der Waals surface area contributed by atoms with E-state index in [1.54, 1.807) is 19.1 Å². The number of nitrogens with zero attached hydrogens (tertiary/aromatic N) is 2. The van der Waals surface area contributed by atoms with Gasteiger partial charge in [0, 0.05) is 11.5 Å². The molecule has 0 spiro atoms. The van der Waals surface area contributed by atoms with Crippen LogP contribution in [0.25, 0.3) is 10.9 Å². The maximum atomic E-state index is 12.4. The van der Waals surface area contributed by atoms with Crippen LogP contribution in [0.15, 0.2) is 42.5 Å². The molecule has 2 aromatic carbocycles. The van der Waals surface area contributed by atoms with Crippen molar-refractivity contribution in [1.29, 1.82) is 0 Å². The van der Waals surface area contributed by atoms with E-state index in [1.165, 1.54) is 19.2 Å². The number of rotatable bonds is 5. The van der Waals surface area contributed by atoms with Crippen LogP contribution in [-0.2, 0) is 16.1 Å². The summed E-state index contributed by atoms with van der Waals surface area (Å²) < 4.78 is 10.1. The largest absolute Gasteiger partial charge is 0.465 e. The lowest BCUT2D eigenvalue weighted by atomic mass is 10.0. The van der Waals surface area contributed by atoms with Crippen molar-refractivity contribution < 1.29 is 24.0 Å². The third-order valence-corrected chi connectivity index (χ3v) is 4.42. The van der Waals surface area contributed by atoms with Crippen molar-refractivity contribution in [3.05, 3.63) is 75.0 Å². The Hall–Kier alpha value is -4.01. The molecule has 0 aliphatic carbocycles. The van der Waals surface area contributed by atoms with Crippen molar-refractivity contribution in [1.82, 2.24) is 4.98 Å². The van der Waals surface area contributed by atoms with Gasteiger partial charge in [-0.25, -0.2) is 14.6 Å². The molecule has 148 valence electrons. The van der Waals surface area contributed by atoms with Gasteiger partial charge >= 0.3 is 11.9 Å². The maximum Gasteiger partial charge on any atom is 0.340 e. The number of nitro benzene ring substituents is 1. The highest BCUT2D eigenvalue weighted by atomic mass is 16.6. The van der Waals surface area contributed by atoms with Gasteiger partial charge in [-0.3, -0.25) is 10.1 Å². The molecule has 0 fully saturated rings. The number of carbonyl (C=O) groups excluding carboxylic acids is 2. The van der Waals surface area contributed by atoms with Crippen molar-refractivity contribution >= 4 is 34.2 Å². The van der Waals surface area contributed by atoms with Gasteiger partial charge in [0.25, 0.3) is 5.69 Å². The highest BCUT2D eigenvalue weighted by Gasteiger charge is 2.22. The Morgan fingerprint density at radius 3 is 2.59 bits per heavy atom. The van der Waals surface area contributed by atoms with E-state index in [-0.39, 0.29) is 29.1 Å². The van der Waals surface area contributed by atoms with Gasteiger partial charge in [0.2, 0.25) is 0 Å². The summed E-state index contributed by atoms with van der Waals surface area (Å²) in [6.45, 7) is 1.44. The highest BCUT2D eigenvalue weighted by Crippen LogP contribution is 2.25. The van der Waals surface area contributed by atoms with Gasteiger partial charge in [0.05, 0.1) is 34.4 Å². The van der Waals surface area contributed by atoms with Gasteiger partial charge in [0.15, 0.2) is 0 Å². The molecule has 0 radical (unpaired) electrons. The van der Waals surface area contributed by atoms with Gasteiger partial charge in [-0.15, -0.1) is 0 Å². The second kappa shape index (κ2) is 7.93. The standard InChI is InChI=1S/C20H17N3O6/c1-11-13-5-3-4-6-15(13)22-16(18(11)20(25)28-2)10-29-19(24)12-7-8-14(21)17(9-12)23(26)27/h3-9H,10,21H2,1-2H3. The van der Waals surface area contributed by atoms with Crippen molar-refractivity contribution in [2.45, 2.75) is 13.5 Å². The van der Waals surface area contributed by atoms with Crippen LogP contribution < -0.4 is 5.73 Å². The Balaban J connectivity index is 1.94. The molecule has 29 heavy (non-hydrogen) atoms. The SMILES string of the molecule is COC(=O)c1c(COC(=O)c2ccc(N)c([N+](=O)[O-])c2)nc2ccccc2c1C. The Kier molecular flexibility index (Phi) is 5.40. The number of benzene rings is 2. The number of esters is 2. The van der Waals surface area contributed by atoms with E-state index in [4.69, 9.17) is 15.2 Å². The first kappa shape index (κ1) is 19.7. The predicted molar refractivity (Wildman–Crippen MR) is 104 cm³/mol. The molecule has 0 aliphatic rings. The molecule has 1 aromatic heterocycles. The van der Waals surface area contributed by atoms with Crippen LogP contribution in [0, 0.1) is 17.0 Å². The number of nitro groups is 1. The quantitative estimate of drug-likeness (QED) is 0.301. The molecule has 0 saturated heterocycles. The van der Waals surface area contributed by atoms with Crippen LogP contribution in [0.4, 0.5) is 11.4 Å². The van der Waals surface area contributed by atoms with E-state index in [0.717, 1.165) is 11.5 Å². The van der Waals surface area contributed by atoms with Crippen LogP contribution in [0.5, 0.6) is 0 Å². The summed E-state index contributed by atoms with van der Waals surface area (Å²) >= 11 is 0. The van der Waals surface area contributed by atoms with E-state index in [0.29, 0.717) is 11.1 Å². The lowest BCUT2D eigenvalue weighted by Gasteiger charge is -2.13. The van der Waals surface area contributed by atoms with Gasteiger partial charge in [0.1, 0.15) is 12.3 Å². The first-order valence-electron chi connectivity index (χ1n) is 8.51. The summed E-state index contributed by atoms with van der Waals surface area (Å²) in [6, 6.07) is 10.9. The number of aryl methyl sites for hydroxylation is 1. The van der Waals surface area contributed by atoms with Crippen molar-refractivity contribution in [2.24, 2.45) is 0 Å². The summed E-state index contributed by atoms with van der Waals surface area (Å²) in [7, 11) is 1.25. The summed E-state index contributed by atoms with van der Waals surface area (Å²) in [5.41, 5.74) is 6.76. The minimum Gasteiger partial charge on any atom is -0.465 e. The fourth-order valence-electron chi connectivity index (χ4n) is 2.96. The first-order chi connectivity index (χ1) is 13.8. The van der Waals surface area contributed by atoms with E-state index >= 15 is 0 Å². The normalized spacial score (nSPS) is 10.6. The molecule has 3 aromatic rings. The molecule has 3 rings (SSSR count). The predicted octanol–water partition coefficient (Wildman–Crippen LogP) is 3.18. The third-order valence-electron chi connectivity index (χ3n) is 4.42. The highest BCUT2D eigenvalue weighted by molar-refractivity contribution is 5.98. The number of aromatic nitrogens is 1. The van der Waals surface area contributed by atoms with E-state index in [9.17, 15) is 19.7 Å². The summed E-state index contributed by atoms with van der Waals surface area (Å²) in [6.07, 6.45) is 0. The monoisotopic (exact) mass is 395 g/mol. The molecular weight excluding hydrogens is 378 g/mol. The second-order valence-corrected chi connectivity index (χ2v) is 6.17. The van der Waals surface area contributed by atoms with Gasteiger partial charge in [-0.2, -0.15) is 0 Å². The third kappa shape index (κ3) is 3.84. The van der Waals surface area contributed by atoms with Crippen LogP contribution in [0.2, 0.25) is 0 Å².